The van der Waals surface area contributed by atoms with Crippen LogP contribution in [0.4, 0.5) is 10.5 Å². The van der Waals surface area contributed by atoms with Gasteiger partial charge < -0.3 is 10.2 Å². The van der Waals surface area contributed by atoms with Gasteiger partial charge in [-0.05, 0) is 32.0 Å². The van der Waals surface area contributed by atoms with E-state index in [1.807, 2.05) is 44.2 Å². The van der Waals surface area contributed by atoms with Crippen molar-refractivity contribution >= 4 is 33.5 Å². The predicted octanol–water partition coefficient (Wildman–Crippen LogP) is 3.66. The molecule has 112 valence electrons. The van der Waals surface area contributed by atoms with Crippen molar-refractivity contribution in [3.05, 3.63) is 42.7 Å². The lowest BCUT2D eigenvalue weighted by atomic mass is 10.1. The maximum absolute atomic E-state index is 12.3. The fourth-order valence-electron chi connectivity index (χ4n) is 2.60. The van der Waals surface area contributed by atoms with E-state index in [9.17, 15) is 4.79 Å². The Bertz CT molecular complexity index is 827. The number of nitrogens with one attached hydrogen (secondary N) is 1. The van der Waals surface area contributed by atoms with Crippen molar-refractivity contribution in [1.29, 1.82) is 0 Å². The van der Waals surface area contributed by atoms with E-state index in [4.69, 9.17) is 0 Å². The minimum Gasteiger partial charge on any atom is -0.325 e. The molecule has 0 unspecified atom stereocenters. The van der Waals surface area contributed by atoms with Gasteiger partial charge in [0, 0.05) is 36.3 Å². The van der Waals surface area contributed by atoms with Crippen LogP contribution in [0.5, 0.6) is 0 Å². The number of carbonyl (C=O) groups is 1. The van der Waals surface area contributed by atoms with Crippen LogP contribution < -0.4 is 5.32 Å². The Morgan fingerprint density at radius 3 is 2.50 bits per heavy atom. The molecule has 2 aromatic heterocycles. The van der Waals surface area contributed by atoms with Gasteiger partial charge >= 0.3 is 6.03 Å². The van der Waals surface area contributed by atoms with Gasteiger partial charge in [-0.1, -0.05) is 12.1 Å². The number of rotatable bonds is 3. The molecule has 0 aliphatic heterocycles. The second kappa shape index (κ2) is 5.97. The molecule has 1 N–H and O–H groups in total. The lowest BCUT2D eigenvalue weighted by Crippen LogP contribution is -2.34. The SMILES string of the molecule is CCN(CC)C(=O)Nc1cc2ncccc2c2cccnc12. The molecule has 1 aromatic carbocycles. The van der Waals surface area contributed by atoms with Gasteiger partial charge in [-0.15, -0.1) is 0 Å². The molecule has 0 fully saturated rings. The zero-order chi connectivity index (χ0) is 15.5. The molecule has 0 atom stereocenters. The van der Waals surface area contributed by atoms with Gasteiger partial charge in [-0.2, -0.15) is 0 Å². The monoisotopic (exact) mass is 294 g/mol. The van der Waals surface area contributed by atoms with E-state index in [2.05, 4.69) is 15.3 Å². The normalized spacial score (nSPS) is 10.8. The van der Waals surface area contributed by atoms with Crippen LogP contribution in [0.15, 0.2) is 42.7 Å². The Morgan fingerprint density at radius 2 is 1.77 bits per heavy atom. The molecule has 2 heterocycles. The van der Waals surface area contributed by atoms with Crippen molar-refractivity contribution in [3.8, 4) is 0 Å². The second-order valence-electron chi connectivity index (χ2n) is 5.00. The number of carbonyl (C=O) groups excluding carboxylic acids is 1. The number of hydrogen-bond donors (Lipinski definition) is 1. The van der Waals surface area contributed by atoms with Crippen LogP contribution in [-0.2, 0) is 0 Å². The number of benzene rings is 1. The average Bonchev–Trinajstić information content (AvgIpc) is 2.56. The van der Waals surface area contributed by atoms with Gasteiger partial charge in [-0.25, -0.2) is 4.79 Å². The van der Waals surface area contributed by atoms with E-state index in [0.717, 1.165) is 21.8 Å². The zero-order valence-electron chi connectivity index (χ0n) is 12.7. The Labute approximate surface area is 129 Å². The fourth-order valence-corrected chi connectivity index (χ4v) is 2.60. The first-order valence-corrected chi connectivity index (χ1v) is 7.43. The smallest absolute Gasteiger partial charge is 0.321 e. The third-order valence-corrected chi connectivity index (χ3v) is 3.76. The molecular weight excluding hydrogens is 276 g/mol. The molecule has 2 amide bonds. The highest BCUT2D eigenvalue weighted by Gasteiger charge is 2.13. The average molecular weight is 294 g/mol. The first kappa shape index (κ1) is 14.3. The molecule has 0 spiro atoms. The number of nitrogens with zero attached hydrogens (tertiary/aromatic N) is 3. The summed E-state index contributed by atoms with van der Waals surface area (Å²) in [5.41, 5.74) is 2.32. The van der Waals surface area contributed by atoms with Crippen LogP contribution in [0.25, 0.3) is 21.8 Å². The van der Waals surface area contributed by atoms with Crippen LogP contribution in [0.1, 0.15) is 13.8 Å². The molecule has 0 aliphatic rings. The topological polar surface area (TPSA) is 58.1 Å². The summed E-state index contributed by atoms with van der Waals surface area (Å²) >= 11 is 0. The zero-order valence-corrected chi connectivity index (χ0v) is 12.7. The number of fused-ring (bicyclic) bond motifs is 3. The molecule has 0 saturated heterocycles. The summed E-state index contributed by atoms with van der Waals surface area (Å²) in [6.45, 7) is 5.25. The van der Waals surface area contributed by atoms with Gasteiger partial charge in [0.2, 0.25) is 0 Å². The highest BCUT2D eigenvalue weighted by atomic mass is 16.2. The Morgan fingerprint density at radius 1 is 1.09 bits per heavy atom. The second-order valence-corrected chi connectivity index (χ2v) is 5.00. The predicted molar refractivity (Wildman–Crippen MR) is 89.0 cm³/mol. The molecule has 0 saturated carbocycles. The summed E-state index contributed by atoms with van der Waals surface area (Å²) < 4.78 is 0. The van der Waals surface area contributed by atoms with Gasteiger partial charge in [0.1, 0.15) is 0 Å². The summed E-state index contributed by atoms with van der Waals surface area (Å²) in [4.78, 5) is 22.9. The Kier molecular flexibility index (Phi) is 3.87. The van der Waals surface area contributed by atoms with E-state index in [1.54, 1.807) is 17.3 Å². The maximum Gasteiger partial charge on any atom is 0.321 e. The fraction of sp³-hybridized carbons (Fsp3) is 0.235. The van der Waals surface area contributed by atoms with Crippen LogP contribution in [0.2, 0.25) is 0 Å². The van der Waals surface area contributed by atoms with Crippen molar-refractivity contribution in [3.63, 3.8) is 0 Å². The largest absolute Gasteiger partial charge is 0.325 e. The maximum atomic E-state index is 12.3. The van der Waals surface area contributed by atoms with Crippen molar-refractivity contribution in [2.24, 2.45) is 0 Å². The van der Waals surface area contributed by atoms with E-state index in [-0.39, 0.29) is 6.03 Å². The molecular formula is C17H18N4O. The van der Waals surface area contributed by atoms with Crippen LogP contribution in [0.3, 0.4) is 0 Å². The Balaban J connectivity index is 2.13. The number of urea groups is 1. The first-order chi connectivity index (χ1) is 10.7. The lowest BCUT2D eigenvalue weighted by Gasteiger charge is -2.20. The van der Waals surface area contributed by atoms with E-state index in [1.165, 1.54) is 0 Å². The summed E-state index contributed by atoms with van der Waals surface area (Å²) in [7, 11) is 0. The highest BCUT2D eigenvalue weighted by Crippen LogP contribution is 2.29. The third-order valence-electron chi connectivity index (χ3n) is 3.76. The van der Waals surface area contributed by atoms with Crippen LogP contribution in [-0.4, -0.2) is 34.0 Å². The summed E-state index contributed by atoms with van der Waals surface area (Å²) in [5, 5.41) is 4.99. The summed E-state index contributed by atoms with van der Waals surface area (Å²) in [5.74, 6) is 0. The van der Waals surface area contributed by atoms with Gasteiger partial charge in [0.25, 0.3) is 0 Å². The number of aromatic nitrogens is 2. The summed E-state index contributed by atoms with van der Waals surface area (Å²) in [6.07, 6.45) is 3.48. The lowest BCUT2D eigenvalue weighted by molar-refractivity contribution is 0.217. The molecule has 5 heteroatoms. The standard InChI is InChI=1S/C17H18N4O/c1-3-21(4-2)17(22)20-15-11-14-12(7-5-9-18-14)13-8-6-10-19-16(13)15/h5-11H,3-4H2,1-2H3,(H,20,22). The number of anilines is 1. The van der Waals surface area contributed by atoms with E-state index >= 15 is 0 Å². The number of amides is 2. The molecule has 3 aromatic rings. The first-order valence-electron chi connectivity index (χ1n) is 7.43. The van der Waals surface area contributed by atoms with Crippen LogP contribution >= 0.6 is 0 Å². The minimum atomic E-state index is -0.118. The molecule has 3 rings (SSSR count). The third kappa shape index (κ3) is 2.45. The molecule has 0 bridgehead atoms. The quantitative estimate of drug-likeness (QED) is 0.750. The Hall–Kier alpha value is -2.69. The van der Waals surface area contributed by atoms with Gasteiger partial charge in [-0.3, -0.25) is 9.97 Å². The molecule has 22 heavy (non-hydrogen) atoms. The molecule has 5 nitrogen and oxygen atoms in total. The van der Waals surface area contributed by atoms with Crippen molar-refractivity contribution in [2.75, 3.05) is 18.4 Å². The van der Waals surface area contributed by atoms with Crippen molar-refractivity contribution in [2.45, 2.75) is 13.8 Å². The van der Waals surface area contributed by atoms with Gasteiger partial charge in [0.05, 0.1) is 16.7 Å². The molecule has 0 aliphatic carbocycles. The number of pyridine rings is 2. The molecule has 0 radical (unpaired) electrons. The van der Waals surface area contributed by atoms with E-state index < -0.39 is 0 Å². The van der Waals surface area contributed by atoms with Crippen LogP contribution in [0, 0.1) is 0 Å². The summed E-state index contributed by atoms with van der Waals surface area (Å²) in [6, 6.07) is 9.58. The van der Waals surface area contributed by atoms with E-state index in [0.29, 0.717) is 18.8 Å². The van der Waals surface area contributed by atoms with Crippen molar-refractivity contribution < 1.29 is 4.79 Å². The minimum absolute atomic E-state index is 0.118. The van der Waals surface area contributed by atoms with Gasteiger partial charge in [0.15, 0.2) is 0 Å². The highest BCUT2D eigenvalue weighted by molar-refractivity contribution is 6.12. The number of hydrogen-bond acceptors (Lipinski definition) is 3. The van der Waals surface area contributed by atoms with Crippen molar-refractivity contribution in [1.82, 2.24) is 14.9 Å².